The number of ether oxygens (including phenoxy) is 1. The summed E-state index contributed by atoms with van der Waals surface area (Å²) in [6.07, 6.45) is 3.13. The third kappa shape index (κ3) is 4.68. The van der Waals surface area contributed by atoms with Crippen molar-refractivity contribution in [2.45, 2.75) is 32.8 Å². The quantitative estimate of drug-likeness (QED) is 0.714. The largest absolute Gasteiger partial charge is 0.489 e. The van der Waals surface area contributed by atoms with Gasteiger partial charge in [-0.05, 0) is 62.7 Å². The number of hydrogen-bond acceptors (Lipinski definition) is 3. The highest BCUT2D eigenvalue weighted by atomic mass is 16.5. The molecule has 0 amide bonds. The Hall–Kier alpha value is -2.13. The molecule has 24 heavy (non-hydrogen) atoms. The normalized spacial score (nSPS) is 14.7. The van der Waals surface area contributed by atoms with Crippen LogP contribution in [0.15, 0.2) is 48.5 Å². The molecule has 0 radical (unpaired) electrons. The van der Waals surface area contributed by atoms with Gasteiger partial charge in [0, 0.05) is 18.5 Å². The third-order valence-corrected chi connectivity index (χ3v) is 4.52. The summed E-state index contributed by atoms with van der Waals surface area (Å²) in [6, 6.07) is 15.8. The summed E-state index contributed by atoms with van der Waals surface area (Å²) in [5.74, 6) is 1.01. The minimum absolute atomic E-state index is 0.215. The molecule has 3 nitrogen and oxygen atoms in total. The number of ketones is 1. The van der Waals surface area contributed by atoms with Crippen LogP contribution in [0, 0.1) is 6.92 Å². The topological polar surface area (TPSA) is 29.5 Å². The molecular formula is C21H25NO2. The second kappa shape index (κ2) is 8.11. The van der Waals surface area contributed by atoms with Crippen molar-refractivity contribution in [2.24, 2.45) is 0 Å². The van der Waals surface area contributed by atoms with Crippen molar-refractivity contribution in [1.82, 2.24) is 4.90 Å². The SMILES string of the molecule is Cc1cccc(COc2ccc(C(=O)CCN3CCCC3)cc2)c1. The standard InChI is InChI=1S/C21H25NO2/c1-17-5-4-6-18(15-17)16-24-20-9-7-19(8-10-20)21(23)11-14-22-12-2-3-13-22/h4-10,15H,2-3,11-14,16H2,1H3. The first kappa shape index (κ1) is 16.7. The van der Waals surface area contributed by atoms with E-state index < -0.39 is 0 Å². The molecule has 0 unspecified atom stereocenters. The van der Waals surface area contributed by atoms with Gasteiger partial charge in [0.15, 0.2) is 5.78 Å². The van der Waals surface area contributed by atoms with Crippen LogP contribution in [0.2, 0.25) is 0 Å². The summed E-state index contributed by atoms with van der Waals surface area (Å²) in [6.45, 7) is 5.78. The van der Waals surface area contributed by atoms with Crippen molar-refractivity contribution in [2.75, 3.05) is 19.6 Å². The zero-order chi connectivity index (χ0) is 16.8. The van der Waals surface area contributed by atoms with Gasteiger partial charge in [-0.15, -0.1) is 0 Å². The van der Waals surface area contributed by atoms with Crippen LogP contribution in [0.1, 0.15) is 40.7 Å². The lowest BCUT2D eigenvalue weighted by molar-refractivity contribution is 0.0969. The first-order valence-electron chi connectivity index (χ1n) is 8.75. The molecule has 1 aliphatic rings. The lowest BCUT2D eigenvalue weighted by Gasteiger charge is -2.13. The number of carbonyl (C=O) groups excluding carboxylic acids is 1. The van der Waals surface area contributed by atoms with Gasteiger partial charge in [0.2, 0.25) is 0 Å². The van der Waals surface area contributed by atoms with Crippen LogP contribution in [0.25, 0.3) is 0 Å². The molecule has 0 aromatic heterocycles. The van der Waals surface area contributed by atoms with Crippen LogP contribution >= 0.6 is 0 Å². The highest BCUT2D eigenvalue weighted by Crippen LogP contribution is 2.16. The van der Waals surface area contributed by atoms with E-state index in [2.05, 4.69) is 30.0 Å². The second-order valence-electron chi connectivity index (χ2n) is 6.52. The van der Waals surface area contributed by atoms with Crippen LogP contribution in [-0.4, -0.2) is 30.3 Å². The Morgan fingerprint density at radius 2 is 1.83 bits per heavy atom. The van der Waals surface area contributed by atoms with Gasteiger partial charge in [0.1, 0.15) is 12.4 Å². The molecule has 1 saturated heterocycles. The Morgan fingerprint density at radius 1 is 1.08 bits per heavy atom. The van der Waals surface area contributed by atoms with Gasteiger partial charge in [-0.1, -0.05) is 29.8 Å². The molecule has 0 aliphatic carbocycles. The maximum absolute atomic E-state index is 12.3. The number of hydrogen-bond donors (Lipinski definition) is 0. The van der Waals surface area contributed by atoms with Gasteiger partial charge >= 0.3 is 0 Å². The second-order valence-corrected chi connectivity index (χ2v) is 6.52. The zero-order valence-corrected chi connectivity index (χ0v) is 14.3. The molecule has 1 aliphatic heterocycles. The van der Waals surface area contributed by atoms with E-state index in [9.17, 15) is 4.79 Å². The molecule has 3 heteroatoms. The Morgan fingerprint density at radius 3 is 2.54 bits per heavy atom. The summed E-state index contributed by atoms with van der Waals surface area (Å²) >= 11 is 0. The van der Waals surface area contributed by atoms with Crippen molar-refractivity contribution >= 4 is 5.78 Å². The number of aryl methyl sites for hydroxylation is 1. The van der Waals surface area contributed by atoms with E-state index in [0.717, 1.165) is 36.5 Å². The van der Waals surface area contributed by atoms with E-state index in [1.54, 1.807) is 0 Å². The first-order chi connectivity index (χ1) is 11.7. The van der Waals surface area contributed by atoms with Crippen molar-refractivity contribution in [3.05, 3.63) is 65.2 Å². The minimum Gasteiger partial charge on any atom is -0.489 e. The number of nitrogens with zero attached hydrogens (tertiary/aromatic N) is 1. The third-order valence-electron chi connectivity index (χ3n) is 4.52. The summed E-state index contributed by atoms with van der Waals surface area (Å²) in [7, 11) is 0. The lowest BCUT2D eigenvalue weighted by atomic mass is 10.1. The van der Waals surface area contributed by atoms with Crippen LogP contribution in [0.5, 0.6) is 5.75 Å². The molecular weight excluding hydrogens is 298 g/mol. The Labute approximate surface area is 144 Å². The smallest absolute Gasteiger partial charge is 0.164 e. The van der Waals surface area contributed by atoms with E-state index in [4.69, 9.17) is 4.74 Å². The van der Waals surface area contributed by atoms with E-state index >= 15 is 0 Å². The highest BCUT2D eigenvalue weighted by molar-refractivity contribution is 5.96. The van der Waals surface area contributed by atoms with Crippen molar-refractivity contribution in [3.8, 4) is 5.75 Å². The number of benzene rings is 2. The van der Waals surface area contributed by atoms with Crippen LogP contribution in [0.4, 0.5) is 0 Å². The van der Waals surface area contributed by atoms with Crippen molar-refractivity contribution in [3.63, 3.8) is 0 Å². The fourth-order valence-corrected chi connectivity index (χ4v) is 3.12. The van der Waals surface area contributed by atoms with Gasteiger partial charge in [-0.3, -0.25) is 4.79 Å². The van der Waals surface area contributed by atoms with Gasteiger partial charge in [0.25, 0.3) is 0 Å². The molecule has 1 fully saturated rings. The van der Waals surface area contributed by atoms with Gasteiger partial charge in [0.05, 0.1) is 0 Å². The molecule has 2 aromatic rings. The van der Waals surface area contributed by atoms with Crippen molar-refractivity contribution in [1.29, 1.82) is 0 Å². The van der Waals surface area contributed by atoms with Crippen LogP contribution in [-0.2, 0) is 6.61 Å². The maximum atomic E-state index is 12.3. The number of carbonyl (C=O) groups is 1. The Balaban J connectivity index is 1.50. The average molecular weight is 323 g/mol. The lowest BCUT2D eigenvalue weighted by Crippen LogP contribution is -2.22. The Bertz CT molecular complexity index is 672. The van der Waals surface area contributed by atoms with Crippen molar-refractivity contribution < 1.29 is 9.53 Å². The summed E-state index contributed by atoms with van der Waals surface area (Å²) < 4.78 is 5.80. The van der Waals surface area contributed by atoms with Gasteiger partial charge in [-0.2, -0.15) is 0 Å². The predicted octanol–water partition coefficient (Wildman–Crippen LogP) is 4.24. The molecule has 3 rings (SSSR count). The van der Waals surface area contributed by atoms with Gasteiger partial charge in [-0.25, -0.2) is 0 Å². The minimum atomic E-state index is 0.215. The first-order valence-corrected chi connectivity index (χ1v) is 8.75. The monoisotopic (exact) mass is 323 g/mol. The molecule has 1 heterocycles. The van der Waals surface area contributed by atoms with E-state index in [-0.39, 0.29) is 5.78 Å². The maximum Gasteiger partial charge on any atom is 0.164 e. The van der Waals surface area contributed by atoms with E-state index in [1.165, 1.54) is 18.4 Å². The van der Waals surface area contributed by atoms with Gasteiger partial charge < -0.3 is 9.64 Å². The average Bonchev–Trinajstić information content (AvgIpc) is 3.12. The number of Topliss-reactive ketones (excluding diaryl/α,β-unsaturated/α-hetero) is 1. The molecule has 0 bridgehead atoms. The summed E-state index contributed by atoms with van der Waals surface area (Å²) in [4.78, 5) is 14.6. The molecule has 0 atom stereocenters. The highest BCUT2D eigenvalue weighted by Gasteiger charge is 2.13. The molecule has 0 N–H and O–H groups in total. The van der Waals surface area contributed by atoms with E-state index in [1.807, 2.05) is 30.3 Å². The summed E-state index contributed by atoms with van der Waals surface area (Å²) in [5, 5.41) is 0. The number of rotatable bonds is 7. The fraction of sp³-hybridized carbons (Fsp3) is 0.381. The van der Waals surface area contributed by atoms with Crippen LogP contribution in [0.3, 0.4) is 0 Å². The molecule has 126 valence electrons. The zero-order valence-electron chi connectivity index (χ0n) is 14.3. The van der Waals surface area contributed by atoms with E-state index in [0.29, 0.717) is 13.0 Å². The fourth-order valence-electron chi connectivity index (χ4n) is 3.12. The summed E-state index contributed by atoms with van der Waals surface area (Å²) in [5.41, 5.74) is 3.16. The molecule has 0 spiro atoms. The Kier molecular flexibility index (Phi) is 5.65. The molecule has 2 aromatic carbocycles. The van der Waals surface area contributed by atoms with Crippen LogP contribution < -0.4 is 4.74 Å². The molecule has 0 saturated carbocycles. The number of likely N-dealkylation sites (tertiary alicyclic amines) is 1. The predicted molar refractivity (Wildman–Crippen MR) is 96.6 cm³/mol.